The molecule has 3 N–H and O–H groups in total. The molecule has 26 heavy (non-hydrogen) atoms. The minimum absolute atomic E-state index is 0.0975. The Bertz CT molecular complexity index is 676. The van der Waals surface area contributed by atoms with E-state index in [-0.39, 0.29) is 12.8 Å². The summed E-state index contributed by atoms with van der Waals surface area (Å²) >= 11 is 0. The number of nitrogens with zero attached hydrogens (tertiary/aromatic N) is 3. The van der Waals surface area contributed by atoms with Gasteiger partial charge in [-0.25, -0.2) is 4.79 Å². The largest absolute Gasteiger partial charge is 0.465 e. The molecule has 2 aliphatic heterocycles. The zero-order valence-corrected chi connectivity index (χ0v) is 14.2. The lowest BCUT2D eigenvalue weighted by Crippen LogP contribution is -2.45. The van der Waals surface area contributed by atoms with Crippen LogP contribution in [0.2, 0.25) is 0 Å². The number of azide groups is 1. The van der Waals surface area contributed by atoms with Crippen LogP contribution < -0.4 is 5.32 Å². The number of ether oxygens (including phenoxy) is 2. The van der Waals surface area contributed by atoms with Gasteiger partial charge in [0.2, 0.25) is 0 Å². The number of fused-ring (bicyclic) bond motifs is 1. The lowest BCUT2D eigenvalue weighted by molar-refractivity contribution is -0.0905. The fraction of sp³-hybridized carbons (Fsp3) is 0.588. The number of hydrogen-bond donors (Lipinski definition) is 3. The first-order valence-electron chi connectivity index (χ1n) is 8.59. The van der Waals surface area contributed by atoms with Gasteiger partial charge in [0.15, 0.2) is 6.29 Å². The van der Waals surface area contributed by atoms with E-state index in [1.54, 1.807) is 0 Å². The van der Waals surface area contributed by atoms with Gasteiger partial charge in [-0.05, 0) is 29.5 Å². The monoisotopic (exact) mass is 362 g/mol. The summed E-state index contributed by atoms with van der Waals surface area (Å²) in [4.78, 5) is 13.6. The van der Waals surface area contributed by atoms with E-state index in [1.165, 1.54) is 5.56 Å². The number of carboxylic acid groups (broad SMARTS) is 1. The second kappa shape index (κ2) is 8.37. The molecule has 140 valence electrons. The zero-order valence-electron chi connectivity index (χ0n) is 14.2. The molecule has 9 nitrogen and oxygen atoms in total. The average Bonchev–Trinajstić information content (AvgIpc) is 3.23. The summed E-state index contributed by atoms with van der Waals surface area (Å²) in [5.41, 5.74) is 10.4. The van der Waals surface area contributed by atoms with Crippen molar-refractivity contribution < 1.29 is 24.5 Å². The van der Waals surface area contributed by atoms with Gasteiger partial charge in [-0.15, -0.1) is 0 Å². The van der Waals surface area contributed by atoms with E-state index >= 15 is 0 Å². The van der Waals surface area contributed by atoms with Gasteiger partial charge in [0.25, 0.3) is 0 Å². The highest BCUT2D eigenvalue weighted by atomic mass is 16.7. The Morgan fingerprint density at radius 3 is 2.85 bits per heavy atom. The second-order valence-electron chi connectivity index (χ2n) is 6.61. The van der Waals surface area contributed by atoms with Crippen molar-refractivity contribution in [3.8, 4) is 0 Å². The van der Waals surface area contributed by atoms with E-state index in [9.17, 15) is 9.90 Å². The van der Waals surface area contributed by atoms with Crippen LogP contribution in [-0.2, 0) is 15.9 Å². The molecular weight excluding hydrogens is 340 g/mol. The Hall–Kier alpha value is -2.32. The minimum atomic E-state index is -1.23. The normalized spacial score (nSPS) is 26.6. The lowest BCUT2D eigenvalue weighted by Gasteiger charge is -2.22. The molecule has 0 aromatic heterocycles. The van der Waals surface area contributed by atoms with Gasteiger partial charge in [-0.1, -0.05) is 29.4 Å². The highest BCUT2D eigenvalue weighted by Crippen LogP contribution is 2.41. The highest BCUT2D eigenvalue weighted by molar-refractivity contribution is 5.65. The van der Waals surface area contributed by atoms with Crippen molar-refractivity contribution in [2.45, 2.75) is 37.2 Å². The van der Waals surface area contributed by atoms with Crippen LogP contribution in [0.3, 0.4) is 0 Å². The first kappa shape index (κ1) is 18.5. The number of benzene rings is 1. The number of hydrogen-bond acceptors (Lipinski definition) is 5. The Morgan fingerprint density at radius 2 is 2.15 bits per heavy atom. The number of aliphatic hydroxyl groups excluding tert-OH is 1. The molecule has 2 fully saturated rings. The van der Waals surface area contributed by atoms with E-state index in [1.807, 2.05) is 24.3 Å². The number of amides is 1. The van der Waals surface area contributed by atoms with E-state index in [0.29, 0.717) is 24.9 Å². The van der Waals surface area contributed by atoms with Gasteiger partial charge in [-0.3, -0.25) is 0 Å². The molecule has 1 aromatic carbocycles. The van der Waals surface area contributed by atoms with Gasteiger partial charge in [0, 0.05) is 16.7 Å². The first-order chi connectivity index (χ1) is 12.6. The first-order valence-corrected chi connectivity index (χ1v) is 8.59. The molecule has 0 radical (unpaired) electrons. The third kappa shape index (κ3) is 4.25. The van der Waals surface area contributed by atoms with Crippen molar-refractivity contribution in [1.29, 1.82) is 0 Å². The molecule has 9 heteroatoms. The summed E-state index contributed by atoms with van der Waals surface area (Å²) in [6.07, 6.45) is -1.14. The van der Waals surface area contributed by atoms with Gasteiger partial charge in [0.05, 0.1) is 31.9 Å². The topological polar surface area (TPSA) is 137 Å². The van der Waals surface area contributed by atoms with Gasteiger partial charge < -0.3 is 25.0 Å². The third-order valence-corrected chi connectivity index (χ3v) is 5.01. The molecule has 5 atom stereocenters. The predicted molar refractivity (Wildman–Crippen MR) is 91.7 cm³/mol. The van der Waals surface area contributed by atoms with E-state index in [4.69, 9.17) is 20.1 Å². The molecule has 2 heterocycles. The maximum absolute atomic E-state index is 11.0. The smallest absolute Gasteiger partial charge is 0.404 e. The fourth-order valence-corrected chi connectivity index (χ4v) is 3.65. The Kier molecular flexibility index (Phi) is 5.95. The van der Waals surface area contributed by atoms with Crippen LogP contribution in [0.15, 0.2) is 29.4 Å². The number of rotatable bonds is 7. The Balaban J connectivity index is 1.66. The molecule has 0 spiro atoms. The SMILES string of the molecule is [N-]=[N+]=NC[C@@H](O)[C@H](Cc1ccc([C@H]2CO[C@@H]3OCC[C@@H]32)cc1)NC(=O)O. The number of nitrogens with one attached hydrogen (secondary N) is 1. The van der Waals surface area contributed by atoms with Crippen molar-refractivity contribution in [2.75, 3.05) is 19.8 Å². The highest BCUT2D eigenvalue weighted by Gasteiger charge is 2.42. The lowest BCUT2D eigenvalue weighted by atomic mass is 9.86. The van der Waals surface area contributed by atoms with Crippen LogP contribution in [0.4, 0.5) is 4.79 Å². The molecule has 0 aliphatic carbocycles. The number of aliphatic hydroxyl groups is 1. The van der Waals surface area contributed by atoms with Crippen molar-refractivity contribution in [1.82, 2.24) is 5.32 Å². The van der Waals surface area contributed by atoms with Crippen molar-refractivity contribution in [3.63, 3.8) is 0 Å². The summed E-state index contributed by atoms with van der Waals surface area (Å²) in [5.74, 6) is 0.688. The van der Waals surface area contributed by atoms with Crippen LogP contribution >= 0.6 is 0 Å². The molecule has 0 saturated carbocycles. The predicted octanol–water partition coefficient (Wildman–Crippen LogP) is 2.01. The second-order valence-corrected chi connectivity index (χ2v) is 6.61. The quantitative estimate of drug-likeness (QED) is 0.387. The van der Waals surface area contributed by atoms with Gasteiger partial charge >= 0.3 is 6.09 Å². The molecule has 2 saturated heterocycles. The summed E-state index contributed by atoms with van der Waals surface area (Å²) in [7, 11) is 0. The van der Waals surface area contributed by atoms with Crippen molar-refractivity contribution in [3.05, 3.63) is 45.8 Å². The van der Waals surface area contributed by atoms with E-state index < -0.39 is 18.2 Å². The molecule has 0 unspecified atom stereocenters. The van der Waals surface area contributed by atoms with Crippen molar-refractivity contribution in [2.24, 2.45) is 11.0 Å². The molecular formula is C17H22N4O5. The van der Waals surface area contributed by atoms with Crippen molar-refractivity contribution >= 4 is 6.09 Å². The maximum Gasteiger partial charge on any atom is 0.404 e. The molecule has 2 aliphatic rings. The minimum Gasteiger partial charge on any atom is -0.465 e. The van der Waals surface area contributed by atoms with Gasteiger partial charge in [0.1, 0.15) is 0 Å². The summed E-state index contributed by atoms with van der Waals surface area (Å²) in [6, 6.07) is 7.12. The van der Waals surface area contributed by atoms with Crippen LogP contribution in [0, 0.1) is 5.92 Å². The van der Waals surface area contributed by atoms with E-state index in [2.05, 4.69) is 15.3 Å². The van der Waals surface area contributed by atoms with Crippen LogP contribution in [0.5, 0.6) is 0 Å². The molecule has 3 rings (SSSR count). The van der Waals surface area contributed by atoms with E-state index in [0.717, 1.165) is 18.6 Å². The summed E-state index contributed by atoms with van der Waals surface area (Å²) in [6.45, 7) is 1.18. The maximum atomic E-state index is 11.0. The van der Waals surface area contributed by atoms with Crippen LogP contribution in [-0.4, -0.2) is 54.5 Å². The molecule has 1 amide bonds. The molecule has 0 bridgehead atoms. The third-order valence-electron chi connectivity index (χ3n) is 5.01. The fourth-order valence-electron chi connectivity index (χ4n) is 3.65. The molecule has 1 aromatic rings. The summed E-state index contributed by atoms with van der Waals surface area (Å²) < 4.78 is 11.2. The van der Waals surface area contributed by atoms with Gasteiger partial charge in [-0.2, -0.15) is 0 Å². The Labute approximate surface area is 150 Å². The summed E-state index contributed by atoms with van der Waals surface area (Å²) in [5, 5.41) is 24.6. The average molecular weight is 362 g/mol. The number of carbonyl (C=O) groups is 1. The van der Waals surface area contributed by atoms with Crippen LogP contribution in [0.25, 0.3) is 10.4 Å². The standard InChI is InChI=1S/C17H22N4O5/c18-21-19-8-15(22)14(20-17(23)24)7-10-1-3-11(4-2-10)13-9-26-16-12(13)5-6-25-16/h1-4,12-16,20,22H,5-9H2,(H,23,24)/t12-,13-,14+,15-,16+/m1/s1. The van der Waals surface area contributed by atoms with Crippen LogP contribution in [0.1, 0.15) is 23.5 Å². The Morgan fingerprint density at radius 1 is 1.38 bits per heavy atom. The zero-order chi connectivity index (χ0) is 18.5.